The maximum atomic E-state index is 12.6. The van der Waals surface area contributed by atoms with E-state index in [1.165, 1.54) is 26.3 Å². The van der Waals surface area contributed by atoms with Gasteiger partial charge in [-0.25, -0.2) is 8.42 Å². The van der Waals surface area contributed by atoms with Gasteiger partial charge < -0.3 is 14.8 Å². The van der Waals surface area contributed by atoms with E-state index in [0.717, 1.165) is 4.31 Å². The molecule has 2 aromatic rings. The highest BCUT2D eigenvalue weighted by atomic mass is 32.2. The van der Waals surface area contributed by atoms with Crippen molar-refractivity contribution in [2.45, 2.75) is 24.8 Å². The molecular formula is C19H24N2O5S. The fraction of sp³-hybridized carbons (Fsp3) is 0.316. The fourth-order valence-electron chi connectivity index (χ4n) is 2.30. The third kappa shape index (κ3) is 5.70. The molecule has 0 saturated heterocycles. The predicted octanol–water partition coefficient (Wildman–Crippen LogP) is 2.74. The Hall–Kier alpha value is -2.58. The molecule has 0 saturated carbocycles. The van der Waals surface area contributed by atoms with Crippen LogP contribution in [0, 0.1) is 0 Å². The van der Waals surface area contributed by atoms with Crippen LogP contribution >= 0.6 is 0 Å². The Bertz CT molecular complexity index is 862. The molecule has 146 valence electrons. The summed E-state index contributed by atoms with van der Waals surface area (Å²) >= 11 is 0. The SMILES string of the molecule is COc1ccc(S(=O)(=O)N(C)CC(=O)Nc2ccc(OC(C)C)cc2)cc1. The molecule has 0 aliphatic heterocycles. The van der Waals surface area contributed by atoms with Gasteiger partial charge in [0.05, 0.1) is 24.7 Å². The second kappa shape index (κ2) is 8.88. The molecule has 0 spiro atoms. The molecule has 0 bridgehead atoms. The Labute approximate surface area is 160 Å². The number of amides is 1. The van der Waals surface area contributed by atoms with E-state index < -0.39 is 15.9 Å². The first-order valence-corrected chi connectivity index (χ1v) is 9.83. The number of hydrogen-bond donors (Lipinski definition) is 1. The molecule has 2 aromatic carbocycles. The first-order valence-electron chi connectivity index (χ1n) is 8.39. The molecule has 0 aromatic heterocycles. The molecular weight excluding hydrogens is 368 g/mol. The lowest BCUT2D eigenvalue weighted by molar-refractivity contribution is -0.116. The van der Waals surface area contributed by atoms with Crippen molar-refractivity contribution < 1.29 is 22.7 Å². The molecule has 0 atom stereocenters. The van der Waals surface area contributed by atoms with Crippen molar-refractivity contribution >= 4 is 21.6 Å². The molecule has 1 amide bonds. The molecule has 0 heterocycles. The van der Waals surface area contributed by atoms with Gasteiger partial charge in [0, 0.05) is 12.7 Å². The maximum absolute atomic E-state index is 12.6. The summed E-state index contributed by atoms with van der Waals surface area (Å²) in [4.78, 5) is 12.3. The van der Waals surface area contributed by atoms with Crippen LogP contribution in [0.1, 0.15) is 13.8 Å². The summed E-state index contributed by atoms with van der Waals surface area (Å²) in [7, 11) is -0.913. The zero-order valence-corrected chi connectivity index (χ0v) is 16.6. The minimum Gasteiger partial charge on any atom is -0.497 e. The molecule has 0 aliphatic carbocycles. The Morgan fingerprint density at radius 2 is 1.59 bits per heavy atom. The third-order valence-electron chi connectivity index (χ3n) is 3.64. The summed E-state index contributed by atoms with van der Waals surface area (Å²) < 4.78 is 36.7. The number of carbonyl (C=O) groups is 1. The highest BCUT2D eigenvalue weighted by Gasteiger charge is 2.23. The first-order chi connectivity index (χ1) is 12.7. The molecule has 8 heteroatoms. The van der Waals surface area contributed by atoms with Gasteiger partial charge in [-0.15, -0.1) is 0 Å². The smallest absolute Gasteiger partial charge is 0.243 e. The van der Waals surface area contributed by atoms with Gasteiger partial charge in [-0.05, 0) is 62.4 Å². The van der Waals surface area contributed by atoms with Gasteiger partial charge >= 0.3 is 0 Å². The summed E-state index contributed by atoms with van der Waals surface area (Å²) in [5.74, 6) is 0.813. The third-order valence-corrected chi connectivity index (χ3v) is 5.46. The van der Waals surface area contributed by atoms with E-state index in [4.69, 9.17) is 9.47 Å². The van der Waals surface area contributed by atoms with Gasteiger partial charge in [0.1, 0.15) is 11.5 Å². The van der Waals surface area contributed by atoms with Crippen molar-refractivity contribution in [2.75, 3.05) is 26.0 Å². The van der Waals surface area contributed by atoms with E-state index in [-0.39, 0.29) is 17.5 Å². The first kappa shape index (κ1) is 20.7. The van der Waals surface area contributed by atoms with Crippen LogP contribution in [0.25, 0.3) is 0 Å². The Kier molecular flexibility index (Phi) is 6.81. The van der Waals surface area contributed by atoms with Gasteiger partial charge in [-0.1, -0.05) is 0 Å². The largest absolute Gasteiger partial charge is 0.497 e. The lowest BCUT2D eigenvalue weighted by Crippen LogP contribution is -2.34. The van der Waals surface area contributed by atoms with E-state index in [1.54, 1.807) is 36.4 Å². The fourth-order valence-corrected chi connectivity index (χ4v) is 3.43. The lowest BCUT2D eigenvalue weighted by atomic mass is 10.3. The van der Waals surface area contributed by atoms with Crippen LogP contribution in [0.2, 0.25) is 0 Å². The van der Waals surface area contributed by atoms with Gasteiger partial charge in [-0.3, -0.25) is 4.79 Å². The molecule has 0 radical (unpaired) electrons. The minimum absolute atomic E-state index is 0.0576. The van der Waals surface area contributed by atoms with Gasteiger partial charge in [0.25, 0.3) is 0 Å². The molecule has 0 aliphatic rings. The van der Waals surface area contributed by atoms with Crippen molar-refractivity contribution in [2.24, 2.45) is 0 Å². The van der Waals surface area contributed by atoms with Gasteiger partial charge in [-0.2, -0.15) is 4.31 Å². The predicted molar refractivity (Wildman–Crippen MR) is 104 cm³/mol. The van der Waals surface area contributed by atoms with Crippen molar-refractivity contribution in [1.82, 2.24) is 4.31 Å². The van der Waals surface area contributed by atoms with Crippen molar-refractivity contribution in [3.05, 3.63) is 48.5 Å². The van der Waals surface area contributed by atoms with Crippen LogP contribution < -0.4 is 14.8 Å². The number of likely N-dealkylation sites (N-methyl/N-ethyl adjacent to an activating group) is 1. The summed E-state index contributed by atoms with van der Waals surface area (Å²) in [6.07, 6.45) is 0.0576. The average molecular weight is 392 g/mol. The number of nitrogens with zero attached hydrogens (tertiary/aromatic N) is 1. The monoisotopic (exact) mass is 392 g/mol. The van der Waals surface area contributed by atoms with Crippen LogP contribution in [0.5, 0.6) is 11.5 Å². The highest BCUT2D eigenvalue weighted by Crippen LogP contribution is 2.19. The molecule has 1 N–H and O–H groups in total. The Balaban J connectivity index is 1.99. The number of benzene rings is 2. The number of anilines is 1. The number of nitrogens with one attached hydrogen (secondary N) is 1. The second-order valence-electron chi connectivity index (χ2n) is 6.18. The number of ether oxygens (including phenoxy) is 2. The number of sulfonamides is 1. The van der Waals surface area contributed by atoms with Crippen LogP contribution in [0.4, 0.5) is 5.69 Å². The summed E-state index contributed by atoms with van der Waals surface area (Å²) in [5, 5.41) is 2.67. The van der Waals surface area contributed by atoms with Crippen molar-refractivity contribution in [3.63, 3.8) is 0 Å². The van der Waals surface area contributed by atoms with Crippen LogP contribution in [0.3, 0.4) is 0 Å². The molecule has 2 rings (SSSR count). The average Bonchev–Trinajstić information content (AvgIpc) is 2.62. The maximum Gasteiger partial charge on any atom is 0.243 e. The van der Waals surface area contributed by atoms with Crippen LogP contribution in [-0.4, -0.2) is 45.4 Å². The Morgan fingerprint density at radius 3 is 2.11 bits per heavy atom. The molecule has 0 unspecified atom stereocenters. The quantitative estimate of drug-likeness (QED) is 0.747. The van der Waals surface area contributed by atoms with Gasteiger partial charge in [0.2, 0.25) is 15.9 Å². The topological polar surface area (TPSA) is 84.9 Å². The number of hydrogen-bond acceptors (Lipinski definition) is 5. The number of carbonyl (C=O) groups excluding carboxylic acids is 1. The van der Waals surface area contributed by atoms with E-state index in [0.29, 0.717) is 17.2 Å². The standard InChI is InChI=1S/C19H24N2O5S/c1-14(2)26-17-7-5-15(6-8-17)20-19(22)13-21(3)27(23,24)18-11-9-16(25-4)10-12-18/h5-12,14H,13H2,1-4H3,(H,20,22). The molecule has 27 heavy (non-hydrogen) atoms. The van der Waals surface area contributed by atoms with Gasteiger partial charge in [0.15, 0.2) is 0 Å². The molecule has 7 nitrogen and oxygen atoms in total. The zero-order chi connectivity index (χ0) is 20.0. The number of rotatable bonds is 8. The van der Waals surface area contributed by atoms with E-state index in [9.17, 15) is 13.2 Å². The lowest BCUT2D eigenvalue weighted by Gasteiger charge is -2.17. The number of methoxy groups -OCH3 is 1. The normalized spacial score (nSPS) is 11.5. The van der Waals surface area contributed by atoms with E-state index >= 15 is 0 Å². The Morgan fingerprint density at radius 1 is 1.04 bits per heavy atom. The summed E-state index contributed by atoms with van der Waals surface area (Å²) in [5.41, 5.74) is 0.561. The second-order valence-corrected chi connectivity index (χ2v) is 8.22. The summed E-state index contributed by atoms with van der Waals surface area (Å²) in [6, 6.07) is 12.9. The zero-order valence-electron chi connectivity index (χ0n) is 15.8. The van der Waals surface area contributed by atoms with E-state index in [1.807, 2.05) is 13.8 Å². The van der Waals surface area contributed by atoms with Crippen molar-refractivity contribution in [3.8, 4) is 11.5 Å². The van der Waals surface area contributed by atoms with Crippen molar-refractivity contribution in [1.29, 1.82) is 0 Å². The highest BCUT2D eigenvalue weighted by molar-refractivity contribution is 7.89. The summed E-state index contributed by atoms with van der Waals surface area (Å²) in [6.45, 7) is 3.54. The minimum atomic E-state index is -3.77. The van der Waals surface area contributed by atoms with Crippen LogP contribution in [-0.2, 0) is 14.8 Å². The van der Waals surface area contributed by atoms with E-state index in [2.05, 4.69) is 5.32 Å². The van der Waals surface area contributed by atoms with Crippen LogP contribution in [0.15, 0.2) is 53.4 Å². The molecule has 0 fully saturated rings.